The Balaban J connectivity index is 1.87. The fourth-order valence-corrected chi connectivity index (χ4v) is 6.52. The molecule has 1 amide bonds. The van der Waals surface area contributed by atoms with Gasteiger partial charge in [0.2, 0.25) is 0 Å². The van der Waals surface area contributed by atoms with Crippen LogP contribution in [-0.4, -0.2) is 77.6 Å². The maximum absolute atomic E-state index is 13.3. The van der Waals surface area contributed by atoms with Crippen molar-refractivity contribution in [1.82, 2.24) is 19.6 Å². The predicted molar refractivity (Wildman–Crippen MR) is 109 cm³/mol. The second-order valence-electron chi connectivity index (χ2n) is 7.12. The van der Waals surface area contributed by atoms with Crippen LogP contribution in [0.5, 0.6) is 0 Å². The maximum atomic E-state index is 13.3. The van der Waals surface area contributed by atoms with E-state index in [1.807, 2.05) is 20.0 Å². The quantitative estimate of drug-likeness (QED) is 0.694. The Hall–Kier alpha value is -1.45. The number of hydrogen-bond acceptors (Lipinski definition) is 6. The van der Waals surface area contributed by atoms with E-state index in [0.717, 1.165) is 35.5 Å². The van der Waals surface area contributed by atoms with E-state index in [1.54, 1.807) is 9.58 Å². The largest absolute Gasteiger partial charge is 0.333 e. The lowest BCUT2D eigenvalue weighted by Gasteiger charge is -2.30. The second-order valence-corrected chi connectivity index (χ2v) is 10.4. The zero-order chi connectivity index (χ0) is 19.8. The van der Waals surface area contributed by atoms with Crippen LogP contribution in [0.25, 0.3) is 10.2 Å². The molecule has 0 aromatic carbocycles. The monoisotopic (exact) mass is 412 g/mol. The van der Waals surface area contributed by atoms with Crippen LogP contribution in [0.3, 0.4) is 0 Å². The summed E-state index contributed by atoms with van der Waals surface area (Å²) >= 11 is 1.43. The molecule has 150 valence electrons. The standard InChI is InChI=1S/C18H28N4O3S2/c1-5-21(6-2)8-9-22(14-7-10-27(24,25)12-14)17(23)16-11-15-13(3)19-20(4)18(15)26-16/h11,14H,5-10,12H2,1-4H3. The van der Waals surface area contributed by atoms with E-state index in [1.165, 1.54) is 11.3 Å². The number of rotatable bonds is 7. The van der Waals surface area contributed by atoms with Gasteiger partial charge in [0.25, 0.3) is 5.91 Å². The van der Waals surface area contributed by atoms with Gasteiger partial charge in [0.15, 0.2) is 9.84 Å². The number of thiophene rings is 1. The number of hydrogen-bond donors (Lipinski definition) is 0. The molecular weight excluding hydrogens is 384 g/mol. The Morgan fingerprint density at radius 1 is 1.33 bits per heavy atom. The van der Waals surface area contributed by atoms with Gasteiger partial charge in [-0.1, -0.05) is 13.8 Å². The molecule has 9 heteroatoms. The van der Waals surface area contributed by atoms with E-state index in [0.29, 0.717) is 17.8 Å². The molecule has 0 spiro atoms. The van der Waals surface area contributed by atoms with Crippen molar-refractivity contribution in [3.8, 4) is 0 Å². The number of likely N-dealkylation sites (N-methyl/N-ethyl adjacent to an activating group) is 1. The molecule has 0 N–H and O–H groups in total. The molecule has 1 fully saturated rings. The highest BCUT2D eigenvalue weighted by Crippen LogP contribution is 2.30. The summed E-state index contributed by atoms with van der Waals surface area (Å²) in [6, 6.07) is 1.67. The van der Waals surface area contributed by atoms with Gasteiger partial charge in [-0.15, -0.1) is 11.3 Å². The summed E-state index contributed by atoms with van der Waals surface area (Å²) in [7, 11) is -1.17. The second kappa shape index (κ2) is 7.89. The average molecular weight is 413 g/mol. The summed E-state index contributed by atoms with van der Waals surface area (Å²) < 4.78 is 25.8. The molecule has 3 heterocycles. The van der Waals surface area contributed by atoms with Gasteiger partial charge in [-0.05, 0) is 32.5 Å². The Kier molecular flexibility index (Phi) is 5.93. The third-order valence-electron chi connectivity index (χ3n) is 5.37. The van der Waals surface area contributed by atoms with Crippen LogP contribution in [0.2, 0.25) is 0 Å². The molecule has 0 radical (unpaired) electrons. The van der Waals surface area contributed by atoms with Crippen molar-refractivity contribution in [3.63, 3.8) is 0 Å². The van der Waals surface area contributed by atoms with Gasteiger partial charge < -0.3 is 9.80 Å². The van der Waals surface area contributed by atoms with Crippen molar-refractivity contribution < 1.29 is 13.2 Å². The van der Waals surface area contributed by atoms with E-state index in [2.05, 4.69) is 23.8 Å². The fourth-order valence-electron chi connectivity index (χ4n) is 3.71. The summed E-state index contributed by atoms with van der Waals surface area (Å²) in [6.45, 7) is 9.25. The molecule has 3 rings (SSSR count). The predicted octanol–water partition coefficient (Wildman–Crippen LogP) is 1.91. The van der Waals surface area contributed by atoms with E-state index in [-0.39, 0.29) is 23.5 Å². The minimum Gasteiger partial charge on any atom is -0.333 e. The number of fused-ring (bicyclic) bond motifs is 1. The molecule has 1 saturated heterocycles. The van der Waals surface area contributed by atoms with E-state index >= 15 is 0 Å². The van der Waals surface area contributed by atoms with Crippen LogP contribution in [0.4, 0.5) is 0 Å². The summed E-state index contributed by atoms with van der Waals surface area (Å²) in [5.41, 5.74) is 0.904. The molecule has 1 atom stereocenters. The van der Waals surface area contributed by atoms with E-state index in [4.69, 9.17) is 0 Å². The third kappa shape index (κ3) is 4.20. The number of sulfone groups is 1. The number of carbonyl (C=O) groups is 1. The molecule has 7 nitrogen and oxygen atoms in total. The van der Waals surface area contributed by atoms with E-state index in [9.17, 15) is 13.2 Å². The first kappa shape index (κ1) is 20.3. The molecule has 2 aromatic rings. The average Bonchev–Trinajstić information content (AvgIpc) is 3.28. The van der Waals surface area contributed by atoms with Crippen LogP contribution in [0.1, 0.15) is 35.6 Å². The number of amides is 1. The molecule has 2 aromatic heterocycles. The summed E-state index contributed by atoms with van der Waals surface area (Å²) in [5.74, 6) is 0.176. The Labute approximate surface area is 164 Å². The highest BCUT2D eigenvalue weighted by atomic mass is 32.2. The van der Waals surface area contributed by atoms with Crippen LogP contribution >= 0.6 is 11.3 Å². The molecule has 1 aliphatic rings. The first-order valence-corrected chi connectivity index (χ1v) is 12.1. The fraction of sp³-hybridized carbons (Fsp3) is 0.667. The molecule has 0 aliphatic carbocycles. The first-order chi connectivity index (χ1) is 12.8. The van der Waals surface area contributed by atoms with E-state index < -0.39 is 9.84 Å². The number of aryl methyl sites for hydroxylation is 2. The highest BCUT2D eigenvalue weighted by molar-refractivity contribution is 7.91. The van der Waals surface area contributed by atoms with Crippen molar-refractivity contribution in [1.29, 1.82) is 0 Å². The number of carbonyl (C=O) groups excluding carboxylic acids is 1. The van der Waals surface area contributed by atoms with Crippen molar-refractivity contribution >= 4 is 37.3 Å². The Morgan fingerprint density at radius 2 is 2.04 bits per heavy atom. The normalized spacial score (nSPS) is 19.2. The van der Waals surface area contributed by atoms with Gasteiger partial charge in [-0.25, -0.2) is 8.42 Å². The van der Waals surface area contributed by atoms with Crippen LogP contribution in [0, 0.1) is 6.92 Å². The lowest BCUT2D eigenvalue weighted by Crippen LogP contribution is -2.45. The number of aromatic nitrogens is 2. The highest BCUT2D eigenvalue weighted by Gasteiger charge is 2.35. The minimum atomic E-state index is -3.05. The van der Waals surface area contributed by atoms with Crippen molar-refractivity contribution in [2.24, 2.45) is 7.05 Å². The van der Waals surface area contributed by atoms with Crippen LogP contribution in [0.15, 0.2) is 6.07 Å². The Bertz CT molecular complexity index is 893. The molecule has 1 unspecified atom stereocenters. The first-order valence-electron chi connectivity index (χ1n) is 9.42. The van der Waals surface area contributed by atoms with Crippen molar-refractivity contribution in [3.05, 3.63) is 16.6 Å². The van der Waals surface area contributed by atoms with Gasteiger partial charge in [0.1, 0.15) is 4.83 Å². The lowest BCUT2D eigenvalue weighted by atomic mass is 10.2. The topological polar surface area (TPSA) is 75.5 Å². The molecule has 0 bridgehead atoms. The summed E-state index contributed by atoms with van der Waals surface area (Å²) in [5, 5.41) is 5.38. The molecule has 1 aliphatic heterocycles. The third-order valence-corrected chi connectivity index (χ3v) is 8.31. The van der Waals surface area contributed by atoms with Gasteiger partial charge in [-0.2, -0.15) is 5.10 Å². The minimum absolute atomic E-state index is 0.0649. The zero-order valence-electron chi connectivity index (χ0n) is 16.4. The van der Waals surface area contributed by atoms with Crippen molar-refractivity contribution in [2.75, 3.05) is 37.7 Å². The Morgan fingerprint density at radius 3 is 2.59 bits per heavy atom. The van der Waals surface area contributed by atoms with Gasteiger partial charge in [-0.3, -0.25) is 9.48 Å². The van der Waals surface area contributed by atoms with Gasteiger partial charge >= 0.3 is 0 Å². The lowest BCUT2D eigenvalue weighted by molar-refractivity contribution is 0.0679. The van der Waals surface area contributed by atoms with Crippen LogP contribution < -0.4 is 0 Å². The molecular formula is C18H28N4O3S2. The maximum Gasteiger partial charge on any atom is 0.264 e. The van der Waals surface area contributed by atoms with Gasteiger partial charge in [0.05, 0.1) is 22.1 Å². The number of nitrogens with zero attached hydrogens (tertiary/aromatic N) is 4. The molecule has 27 heavy (non-hydrogen) atoms. The molecule has 0 saturated carbocycles. The smallest absolute Gasteiger partial charge is 0.264 e. The van der Waals surface area contributed by atoms with Gasteiger partial charge in [0, 0.05) is 31.6 Å². The summed E-state index contributed by atoms with van der Waals surface area (Å²) in [4.78, 5) is 19.0. The SMILES string of the molecule is CCN(CC)CCN(C(=O)c1cc2c(C)nn(C)c2s1)C1CCS(=O)(=O)C1. The summed E-state index contributed by atoms with van der Waals surface area (Å²) in [6.07, 6.45) is 0.526. The van der Waals surface area contributed by atoms with Crippen molar-refractivity contribution in [2.45, 2.75) is 33.2 Å². The van der Waals surface area contributed by atoms with Crippen LogP contribution in [-0.2, 0) is 16.9 Å². The zero-order valence-corrected chi connectivity index (χ0v) is 18.1.